The molecule has 0 radical (unpaired) electrons. The summed E-state index contributed by atoms with van der Waals surface area (Å²) in [5.41, 5.74) is 2.42. The van der Waals surface area contributed by atoms with Gasteiger partial charge in [-0.2, -0.15) is 0 Å². The average Bonchev–Trinajstić information content (AvgIpc) is 3.57. The Hall–Kier alpha value is -2.04. The summed E-state index contributed by atoms with van der Waals surface area (Å²) in [6.45, 7) is 4.21. The molecule has 2 N–H and O–H groups in total. The van der Waals surface area contributed by atoms with Crippen molar-refractivity contribution >= 4 is 23.2 Å². The van der Waals surface area contributed by atoms with Crippen molar-refractivity contribution in [3.63, 3.8) is 0 Å². The zero-order chi connectivity index (χ0) is 21.2. The molecule has 1 heterocycles. The quantitative estimate of drug-likeness (QED) is 0.435. The van der Waals surface area contributed by atoms with Gasteiger partial charge < -0.3 is 15.5 Å². The van der Waals surface area contributed by atoms with Crippen LogP contribution in [-0.4, -0.2) is 30.9 Å². The molecule has 1 aromatic rings. The van der Waals surface area contributed by atoms with E-state index in [1.165, 1.54) is 51.4 Å². The minimum atomic E-state index is -0.0127. The van der Waals surface area contributed by atoms with Crippen LogP contribution in [0, 0.1) is 0 Å². The van der Waals surface area contributed by atoms with Crippen LogP contribution < -0.4 is 15.5 Å². The van der Waals surface area contributed by atoms with E-state index in [-0.39, 0.29) is 11.8 Å². The zero-order valence-corrected chi connectivity index (χ0v) is 18.7. The summed E-state index contributed by atoms with van der Waals surface area (Å²) in [7, 11) is 0. The summed E-state index contributed by atoms with van der Waals surface area (Å²) in [6.07, 6.45) is 14.7. The van der Waals surface area contributed by atoms with Crippen molar-refractivity contribution in [1.82, 2.24) is 5.32 Å². The number of carbonyl (C=O) groups excluding carboxylic acids is 2. The predicted octanol–water partition coefficient (Wildman–Crippen LogP) is 5.65. The molecule has 2 aliphatic rings. The maximum Gasteiger partial charge on any atom is 0.253 e. The Morgan fingerprint density at radius 2 is 1.67 bits per heavy atom. The van der Waals surface area contributed by atoms with Crippen molar-refractivity contribution in [2.45, 2.75) is 96.4 Å². The molecule has 1 aliphatic heterocycles. The monoisotopic (exact) mass is 413 g/mol. The van der Waals surface area contributed by atoms with Crippen molar-refractivity contribution in [3.8, 4) is 0 Å². The zero-order valence-electron chi connectivity index (χ0n) is 18.7. The molecule has 0 bridgehead atoms. The number of nitrogens with zero attached hydrogens (tertiary/aromatic N) is 1. The highest BCUT2D eigenvalue weighted by Crippen LogP contribution is 2.29. The fourth-order valence-electron chi connectivity index (χ4n) is 4.16. The third-order valence-corrected chi connectivity index (χ3v) is 6.14. The molecule has 0 unspecified atom stereocenters. The van der Waals surface area contributed by atoms with Gasteiger partial charge in [-0.15, -0.1) is 0 Å². The number of unbranched alkanes of at least 4 members (excludes halogenated alkanes) is 6. The molecule has 3 rings (SSSR count). The third-order valence-electron chi connectivity index (χ3n) is 6.14. The maximum atomic E-state index is 12.9. The summed E-state index contributed by atoms with van der Waals surface area (Å²) >= 11 is 0. The maximum absolute atomic E-state index is 12.9. The number of benzene rings is 1. The molecule has 2 fully saturated rings. The topological polar surface area (TPSA) is 61.4 Å². The number of hydrogen-bond acceptors (Lipinski definition) is 3. The van der Waals surface area contributed by atoms with Gasteiger partial charge in [0.25, 0.3) is 5.91 Å². The Labute approximate surface area is 182 Å². The molecule has 1 saturated carbocycles. The molecule has 166 valence electrons. The van der Waals surface area contributed by atoms with E-state index in [4.69, 9.17) is 0 Å². The second-order valence-corrected chi connectivity index (χ2v) is 8.95. The van der Waals surface area contributed by atoms with Crippen LogP contribution >= 0.6 is 0 Å². The molecule has 1 saturated heterocycles. The minimum Gasteiger partial charge on any atom is -0.371 e. The molecule has 1 aliphatic carbocycles. The Bertz CT molecular complexity index is 694. The van der Waals surface area contributed by atoms with Gasteiger partial charge in [-0.25, -0.2) is 0 Å². The van der Waals surface area contributed by atoms with E-state index in [0.717, 1.165) is 50.1 Å². The highest BCUT2D eigenvalue weighted by Gasteiger charge is 2.26. The summed E-state index contributed by atoms with van der Waals surface area (Å²) in [5, 5.41) is 6.12. The van der Waals surface area contributed by atoms with Crippen molar-refractivity contribution < 1.29 is 9.59 Å². The first-order valence-corrected chi connectivity index (χ1v) is 12.2. The molecule has 2 amide bonds. The highest BCUT2D eigenvalue weighted by atomic mass is 16.2. The SMILES string of the molecule is CCCCCCCCCC(=O)Nc1ccc(N2CCCCC2)c(C(=O)NC2CC2)c1. The van der Waals surface area contributed by atoms with Crippen LogP contribution in [0.15, 0.2) is 18.2 Å². The number of hydrogen-bond donors (Lipinski definition) is 2. The summed E-state index contributed by atoms with van der Waals surface area (Å²) < 4.78 is 0. The van der Waals surface area contributed by atoms with Gasteiger partial charge in [-0.05, 0) is 56.7 Å². The van der Waals surface area contributed by atoms with E-state index in [1.54, 1.807) is 0 Å². The molecule has 1 aromatic carbocycles. The second-order valence-electron chi connectivity index (χ2n) is 8.95. The van der Waals surface area contributed by atoms with E-state index in [2.05, 4.69) is 22.5 Å². The number of carbonyl (C=O) groups is 2. The molecule has 30 heavy (non-hydrogen) atoms. The molecule has 0 atom stereocenters. The Morgan fingerprint density at radius 3 is 2.37 bits per heavy atom. The van der Waals surface area contributed by atoms with E-state index >= 15 is 0 Å². The number of piperidine rings is 1. The molecule has 5 heteroatoms. The van der Waals surface area contributed by atoms with E-state index < -0.39 is 0 Å². The van der Waals surface area contributed by atoms with Gasteiger partial charge >= 0.3 is 0 Å². The fraction of sp³-hybridized carbons (Fsp3) is 0.680. The molecular weight excluding hydrogens is 374 g/mol. The van der Waals surface area contributed by atoms with Crippen molar-refractivity contribution in [2.24, 2.45) is 0 Å². The van der Waals surface area contributed by atoms with Crippen LogP contribution in [-0.2, 0) is 4.79 Å². The highest BCUT2D eigenvalue weighted by molar-refractivity contribution is 6.02. The molecule has 0 aromatic heterocycles. The number of rotatable bonds is 12. The van der Waals surface area contributed by atoms with Crippen LogP contribution in [0.3, 0.4) is 0 Å². The third kappa shape index (κ3) is 7.33. The molecule has 0 spiro atoms. The first-order valence-electron chi connectivity index (χ1n) is 12.2. The first-order chi connectivity index (χ1) is 14.7. The first kappa shape index (κ1) is 22.6. The average molecular weight is 414 g/mol. The van der Waals surface area contributed by atoms with E-state index in [0.29, 0.717) is 18.0 Å². The Morgan fingerprint density at radius 1 is 0.967 bits per heavy atom. The van der Waals surface area contributed by atoms with E-state index in [9.17, 15) is 9.59 Å². The van der Waals surface area contributed by atoms with Gasteiger partial charge in [-0.1, -0.05) is 45.4 Å². The van der Waals surface area contributed by atoms with Gasteiger partial charge in [0.05, 0.1) is 5.56 Å². The summed E-state index contributed by atoms with van der Waals surface area (Å²) in [4.78, 5) is 27.6. The van der Waals surface area contributed by atoms with Gasteiger partial charge in [0.1, 0.15) is 0 Å². The standard InChI is InChI=1S/C25H39N3O2/c1-2-3-4-5-6-7-9-12-24(29)26-21-15-16-23(28-17-10-8-11-18-28)22(19-21)25(30)27-20-13-14-20/h15-16,19-20H,2-14,17-18H2,1H3,(H,26,29)(H,27,30). The van der Waals surface area contributed by atoms with Crippen molar-refractivity contribution in [1.29, 1.82) is 0 Å². The molecular formula is C25H39N3O2. The van der Waals surface area contributed by atoms with Crippen LogP contribution in [0.1, 0.15) is 101 Å². The second kappa shape index (κ2) is 12.0. The van der Waals surface area contributed by atoms with Gasteiger partial charge in [0.15, 0.2) is 0 Å². The lowest BCUT2D eigenvalue weighted by Crippen LogP contribution is -2.33. The summed E-state index contributed by atoms with van der Waals surface area (Å²) in [5.74, 6) is 0.0316. The number of amides is 2. The minimum absolute atomic E-state index is 0.0127. The lowest BCUT2D eigenvalue weighted by molar-refractivity contribution is -0.116. The fourth-order valence-corrected chi connectivity index (χ4v) is 4.16. The van der Waals surface area contributed by atoms with Gasteiger partial charge in [0, 0.05) is 36.9 Å². The lowest BCUT2D eigenvalue weighted by atomic mass is 10.1. The molecule has 5 nitrogen and oxygen atoms in total. The number of nitrogens with one attached hydrogen (secondary N) is 2. The van der Waals surface area contributed by atoms with Crippen LogP contribution in [0.25, 0.3) is 0 Å². The van der Waals surface area contributed by atoms with Crippen LogP contribution in [0.4, 0.5) is 11.4 Å². The van der Waals surface area contributed by atoms with Crippen molar-refractivity contribution in [2.75, 3.05) is 23.3 Å². The Balaban J connectivity index is 1.55. The lowest BCUT2D eigenvalue weighted by Gasteiger charge is -2.30. The Kier molecular flexibility index (Phi) is 9.03. The summed E-state index contributed by atoms with van der Waals surface area (Å²) in [6, 6.07) is 6.14. The van der Waals surface area contributed by atoms with Crippen LogP contribution in [0.2, 0.25) is 0 Å². The predicted molar refractivity (Wildman–Crippen MR) is 124 cm³/mol. The smallest absolute Gasteiger partial charge is 0.253 e. The normalized spacial score (nSPS) is 16.4. The van der Waals surface area contributed by atoms with Gasteiger partial charge in [0.2, 0.25) is 5.91 Å². The largest absolute Gasteiger partial charge is 0.371 e. The number of anilines is 2. The van der Waals surface area contributed by atoms with E-state index in [1.807, 2.05) is 18.2 Å². The van der Waals surface area contributed by atoms with Gasteiger partial charge in [-0.3, -0.25) is 9.59 Å². The van der Waals surface area contributed by atoms with Crippen LogP contribution in [0.5, 0.6) is 0 Å². The van der Waals surface area contributed by atoms with Crippen molar-refractivity contribution in [3.05, 3.63) is 23.8 Å².